The molecule has 0 spiro atoms. The Kier molecular flexibility index (Phi) is 3.01. The second-order valence-corrected chi connectivity index (χ2v) is 4.32. The highest BCUT2D eigenvalue weighted by atomic mass is 32.1. The monoisotopic (exact) mass is 222 g/mol. The van der Waals surface area contributed by atoms with Crippen molar-refractivity contribution in [3.63, 3.8) is 0 Å². The molecule has 0 fully saturated rings. The zero-order valence-corrected chi connectivity index (χ0v) is 9.71. The summed E-state index contributed by atoms with van der Waals surface area (Å²) in [6.07, 6.45) is 1.88. The maximum Gasteiger partial charge on any atom is 0.214 e. The van der Waals surface area contributed by atoms with Crippen LogP contribution in [0.1, 0.15) is 10.4 Å². The van der Waals surface area contributed by atoms with E-state index in [9.17, 15) is 0 Å². The minimum atomic E-state index is 0.840. The Balaban J connectivity index is 2.02. The molecule has 2 rings (SSSR count). The minimum absolute atomic E-state index is 0.840. The fourth-order valence-corrected chi connectivity index (χ4v) is 2.09. The van der Waals surface area contributed by atoms with Gasteiger partial charge in [-0.05, 0) is 23.9 Å². The third-order valence-electron chi connectivity index (χ3n) is 2.21. The molecular formula is C10H14N4S. The van der Waals surface area contributed by atoms with Gasteiger partial charge in [0.2, 0.25) is 5.96 Å². The minimum Gasteiger partial charge on any atom is -0.353 e. The summed E-state index contributed by atoms with van der Waals surface area (Å²) < 4.78 is 0. The molecule has 0 saturated carbocycles. The number of aliphatic imine (C=N–C) groups is 1. The van der Waals surface area contributed by atoms with Gasteiger partial charge in [-0.2, -0.15) is 5.10 Å². The lowest BCUT2D eigenvalue weighted by Crippen LogP contribution is -2.32. The van der Waals surface area contributed by atoms with E-state index in [0.29, 0.717) is 0 Å². The maximum absolute atomic E-state index is 4.33. The van der Waals surface area contributed by atoms with Gasteiger partial charge in [-0.15, -0.1) is 11.3 Å². The molecule has 0 saturated heterocycles. The first-order valence-electron chi connectivity index (χ1n) is 4.87. The van der Waals surface area contributed by atoms with Crippen molar-refractivity contribution < 1.29 is 0 Å². The molecule has 15 heavy (non-hydrogen) atoms. The number of guanidine groups is 1. The molecule has 1 aliphatic heterocycles. The van der Waals surface area contributed by atoms with Gasteiger partial charge in [0, 0.05) is 18.5 Å². The van der Waals surface area contributed by atoms with E-state index < -0.39 is 0 Å². The maximum atomic E-state index is 4.33. The molecule has 1 aromatic rings. The third kappa shape index (κ3) is 2.36. The number of aryl methyl sites for hydroxylation is 1. The van der Waals surface area contributed by atoms with Gasteiger partial charge < -0.3 is 5.32 Å². The Bertz CT molecular complexity index is 394. The van der Waals surface area contributed by atoms with Gasteiger partial charge in [-0.25, -0.2) is 10.0 Å². The van der Waals surface area contributed by atoms with Crippen molar-refractivity contribution in [3.05, 3.63) is 21.9 Å². The summed E-state index contributed by atoms with van der Waals surface area (Å²) in [5, 5.41) is 11.3. The summed E-state index contributed by atoms with van der Waals surface area (Å²) in [6.45, 7) is 3.84. The normalized spacial score (nSPS) is 15.5. The van der Waals surface area contributed by atoms with Crippen molar-refractivity contribution in [2.24, 2.45) is 10.1 Å². The topological polar surface area (TPSA) is 40.0 Å². The van der Waals surface area contributed by atoms with Crippen LogP contribution < -0.4 is 5.32 Å². The predicted octanol–water partition coefficient (Wildman–Crippen LogP) is 1.28. The first-order valence-corrected chi connectivity index (χ1v) is 5.75. The SMILES string of the molecule is Cc1ccsc1C=NN(C)C1=NCCN1. The Morgan fingerprint density at radius 1 is 1.67 bits per heavy atom. The van der Waals surface area contributed by atoms with Crippen molar-refractivity contribution in [1.82, 2.24) is 10.3 Å². The molecule has 5 heteroatoms. The van der Waals surface area contributed by atoms with Crippen LogP contribution in [0.2, 0.25) is 0 Å². The molecule has 0 bridgehead atoms. The van der Waals surface area contributed by atoms with Crippen LogP contribution >= 0.6 is 11.3 Å². The molecule has 0 amide bonds. The van der Waals surface area contributed by atoms with Crippen LogP contribution in [0.3, 0.4) is 0 Å². The van der Waals surface area contributed by atoms with E-state index in [1.54, 1.807) is 16.3 Å². The fourth-order valence-electron chi connectivity index (χ4n) is 1.31. The molecule has 4 nitrogen and oxygen atoms in total. The highest BCUT2D eigenvalue weighted by molar-refractivity contribution is 7.11. The molecule has 0 aliphatic carbocycles. The van der Waals surface area contributed by atoms with E-state index in [-0.39, 0.29) is 0 Å². The van der Waals surface area contributed by atoms with Gasteiger partial charge in [0.1, 0.15) is 0 Å². The Labute approximate surface area is 93.3 Å². The number of nitrogens with one attached hydrogen (secondary N) is 1. The lowest BCUT2D eigenvalue weighted by Gasteiger charge is -2.11. The number of thiophene rings is 1. The van der Waals surface area contributed by atoms with Crippen LogP contribution in [-0.2, 0) is 0 Å². The van der Waals surface area contributed by atoms with Crippen LogP contribution in [0.15, 0.2) is 21.5 Å². The summed E-state index contributed by atoms with van der Waals surface area (Å²) in [5.74, 6) is 0.848. The fraction of sp³-hybridized carbons (Fsp3) is 0.400. The number of hydrogen-bond acceptors (Lipinski definition) is 5. The molecule has 1 N–H and O–H groups in total. The lowest BCUT2D eigenvalue weighted by atomic mass is 10.3. The molecule has 0 radical (unpaired) electrons. The van der Waals surface area contributed by atoms with Crippen LogP contribution in [-0.4, -0.2) is 37.3 Å². The van der Waals surface area contributed by atoms with E-state index in [0.717, 1.165) is 19.0 Å². The van der Waals surface area contributed by atoms with Crippen LogP contribution in [0.4, 0.5) is 0 Å². The van der Waals surface area contributed by atoms with Gasteiger partial charge in [-0.3, -0.25) is 0 Å². The van der Waals surface area contributed by atoms with Gasteiger partial charge in [0.05, 0.1) is 12.8 Å². The number of hydrogen-bond donors (Lipinski definition) is 1. The lowest BCUT2D eigenvalue weighted by molar-refractivity contribution is 0.531. The molecule has 2 heterocycles. The molecule has 1 aromatic heterocycles. The van der Waals surface area contributed by atoms with Crippen LogP contribution in [0.25, 0.3) is 0 Å². The quantitative estimate of drug-likeness (QED) is 0.605. The Hall–Kier alpha value is -1.36. The van der Waals surface area contributed by atoms with Crippen LogP contribution in [0, 0.1) is 6.92 Å². The predicted molar refractivity (Wildman–Crippen MR) is 64.7 cm³/mol. The van der Waals surface area contributed by atoms with Gasteiger partial charge in [0.25, 0.3) is 0 Å². The zero-order valence-electron chi connectivity index (χ0n) is 8.90. The third-order valence-corrected chi connectivity index (χ3v) is 3.17. The summed E-state index contributed by atoms with van der Waals surface area (Å²) in [6, 6.07) is 2.09. The molecular weight excluding hydrogens is 208 g/mol. The standard InChI is InChI=1S/C10H14N4S/c1-8-3-6-15-9(8)7-13-14(2)10-11-4-5-12-10/h3,6-7H,4-5H2,1-2H3,(H,11,12). The van der Waals surface area contributed by atoms with E-state index in [2.05, 4.69) is 33.8 Å². The average Bonchev–Trinajstić information content (AvgIpc) is 2.85. The van der Waals surface area contributed by atoms with Gasteiger partial charge >= 0.3 is 0 Å². The summed E-state index contributed by atoms with van der Waals surface area (Å²) >= 11 is 1.70. The highest BCUT2D eigenvalue weighted by Gasteiger charge is 2.08. The number of hydrazone groups is 1. The highest BCUT2D eigenvalue weighted by Crippen LogP contribution is 2.12. The number of rotatable bonds is 2. The van der Waals surface area contributed by atoms with Crippen molar-refractivity contribution in [1.29, 1.82) is 0 Å². The van der Waals surface area contributed by atoms with Gasteiger partial charge in [0.15, 0.2) is 0 Å². The second-order valence-electron chi connectivity index (χ2n) is 3.37. The molecule has 0 unspecified atom stereocenters. The average molecular weight is 222 g/mol. The summed E-state index contributed by atoms with van der Waals surface area (Å²) in [4.78, 5) is 5.47. The molecule has 1 aliphatic rings. The van der Waals surface area contributed by atoms with Crippen molar-refractivity contribution in [3.8, 4) is 0 Å². The number of nitrogens with zero attached hydrogens (tertiary/aromatic N) is 3. The largest absolute Gasteiger partial charge is 0.353 e. The van der Waals surface area contributed by atoms with Crippen molar-refractivity contribution in [2.75, 3.05) is 20.1 Å². The summed E-state index contributed by atoms with van der Waals surface area (Å²) in [7, 11) is 1.90. The Morgan fingerprint density at radius 3 is 3.13 bits per heavy atom. The molecule has 80 valence electrons. The first-order chi connectivity index (χ1) is 7.27. The smallest absolute Gasteiger partial charge is 0.214 e. The van der Waals surface area contributed by atoms with E-state index in [1.165, 1.54) is 10.4 Å². The molecule has 0 atom stereocenters. The van der Waals surface area contributed by atoms with Crippen molar-refractivity contribution in [2.45, 2.75) is 6.92 Å². The van der Waals surface area contributed by atoms with E-state index in [1.807, 2.05) is 13.3 Å². The second kappa shape index (κ2) is 4.44. The van der Waals surface area contributed by atoms with Crippen LogP contribution in [0.5, 0.6) is 0 Å². The summed E-state index contributed by atoms with van der Waals surface area (Å²) in [5.41, 5.74) is 1.26. The first kappa shape index (κ1) is 10.2. The van der Waals surface area contributed by atoms with E-state index >= 15 is 0 Å². The van der Waals surface area contributed by atoms with E-state index in [4.69, 9.17) is 0 Å². The zero-order chi connectivity index (χ0) is 10.7. The Morgan fingerprint density at radius 2 is 2.53 bits per heavy atom. The van der Waals surface area contributed by atoms with Crippen molar-refractivity contribution >= 4 is 23.5 Å². The van der Waals surface area contributed by atoms with Gasteiger partial charge in [-0.1, -0.05) is 0 Å². The molecule has 0 aromatic carbocycles.